The summed E-state index contributed by atoms with van der Waals surface area (Å²) >= 11 is 0. The first-order valence-corrected chi connectivity index (χ1v) is 5.50. The number of pyridine rings is 2. The highest BCUT2D eigenvalue weighted by atomic mass is 16.5. The Kier molecular flexibility index (Phi) is 3.55. The third-order valence-corrected chi connectivity index (χ3v) is 2.42. The van der Waals surface area contributed by atoms with Crippen molar-refractivity contribution in [3.8, 4) is 5.75 Å². The van der Waals surface area contributed by atoms with Gasteiger partial charge in [0.15, 0.2) is 11.6 Å². The smallest absolute Gasteiger partial charge is 0.166 e. The first-order valence-electron chi connectivity index (χ1n) is 5.50. The molecule has 0 aliphatic rings. The van der Waals surface area contributed by atoms with Gasteiger partial charge in [-0.15, -0.1) is 0 Å². The standard InChI is InChI=1S/C13H15N3O/c1-10-2-3-12(13(14)16-10)17-9-6-11-4-7-15-8-5-11/h2-5,7-8H,6,9H2,1H3,(H2,14,16). The summed E-state index contributed by atoms with van der Waals surface area (Å²) in [4.78, 5) is 8.11. The molecule has 0 bridgehead atoms. The van der Waals surface area contributed by atoms with Crippen LogP contribution in [0.4, 0.5) is 5.82 Å². The highest BCUT2D eigenvalue weighted by molar-refractivity contribution is 5.46. The molecule has 0 aliphatic heterocycles. The third kappa shape index (κ3) is 3.17. The lowest BCUT2D eigenvalue weighted by molar-refractivity contribution is 0.322. The minimum absolute atomic E-state index is 0.444. The predicted octanol–water partition coefficient (Wildman–Crippen LogP) is 1.99. The number of nitrogen functional groups attached to an aromatic ring is 1. The summed E-state index contributed by atoms with van der Waals surface area (Å²) < 4.78 is 5.59. The normalized spacial score (nSPS) is 10.2. The maximum absolute atomic E-state index is 5.75. The molecule has 0 unspecified atom stereocenters. The van der Waals surface area contributed by atoms with Crippen LogP contribution in [0.15, 0.2) is 36.7 Å². The second kappa shape index (κ2) is 5.30. The largest absolute Gasteiger partial charge is 0.489 e. The lowest BCUT2D eigenvalue weighted by Crippen LogP contribution is -2.04. The van der Waals surface area contributed by atoms with Crippen LogP contribution in [0.5, 0.6) is 5.75 Å². The SMILES string of the molecule is Cc1ccc(OCCc2ccncc2)c(N)n1. The van der Waals surface area contributed by atoms with Crippen LogP contribution in [0.2, 0.25) is 0 Å². The van der Waals surface area contributed by atoms with E-state index in [0.717, 1.165) is 12.1 Å². The van der Waals surface area contributed by atoms with Gasteiger partial charge in [0.05, 0.1) is 6.61 Å². The minimum Gasteiger partial charge on any atom is -0.489 e. The van der Waals surface area contributed by atoms with Crippen LogP contribution in [0.3, 0.4) is 0 Å². The summed E-state index contributed by atoms with van der Waals surface area (Å²) in [5, 5.41) is 0. The zero-order valence-corrected chi connectivity index (χ0v) is 9.76. The van der Waals surface area contributed by atoms with Crippen LogP contribution in [0, 0.1) is 6.92 Å². The summed E-state index contributed by atoms with van der Waals surface area (Å²) in [5.41, 5.74) is 7.84. The van der Waals surface area contributed by atoms with Crippen LogP contribution in [0.1, 0.15) is 11.3 Å². The first-order chi connectivity index (χ1) is 8.25. The lowest BCUT2D eigenvalue weighted by Gasteiger charge is -2.08. The van der Waals surface area contributed by atoms with Gasteiger partial charge in [0.1, 0.15) is 0 Å². The van der Waals surface area contributed by atoms with Crippen LogP contribution in [0.25, 0.3) is 0 Å². The van der Waals surface area contributed by atoms with Gasteiger partial charge in [0.25, 0.3) is 0 Å². The fourth-order valence-corrected chi connectivity index (χ4v) is 1.51. The molecular weight excluding hydrogens is 214 g/mol. The van der Waals surface area contributed by atoms with E-state index < -0.39 is 0 Å². The van der Waals surface area contributed by atoms with Gasteiger partial charge in [-0.25, -0.2) is 4.98 Å². The number of aryl methyl sites for hydroxylation is 1. The first kappa shape index (κ1) is 11.4. The molecule has 2 rings (SSSR count). The van der Waals surface area contributed by atoms with Crippen molar-refractivity contribution in [3.05, 3.63) is 47.9 Å². The zero-order valence-electron chi connectivity index (χ0n) is 9.76. The van der Waals surface area contributed by atoms with Gasteiger partial charge in [0, 0.05) is 24.5 Å². The fraction of sp³-hybridized carbons (Fsp3) is 0.231. The molecule has 0 amide bonds. The quantitative estimate of drug-likeness (QED) is 0.871. The number of rotatable bonds is 4. The van der Waals surface area contributed by atoms with E-state index in [2.05, 4.69) is 9.97 Å². The molecule has 0 aromatic carbocycles. The van der Waals surface area contributed by atoms with E-state index in [0.29, 0.717) is 18.2 Å². The number of aromatic nitrogens is 2. The van der Waals surface area contributed by atoms with Gasteiger partial charge < -0.3 is 10.5 Å². The van der Waals surface area contributed by atoms with Gasteiger partial charge in [0.2, 0.25) is 0 Å². The molecule has 4 heteroatoms. The monoisotopic (exact) mass is 229 g/mol. The summed E-state index contributed by atoms with van der Waals surface area (Å²) in [5.74, 6) is 1.09. The highest BCUT2D eigenvalue weighted by Crippen LogP contribution is 2.18. The van der Waals surface area contributed by atoms with E-state index in [-0.39, 0.29) is 0 Å². The van der Waals surface area contributed by atoms with Gasteiger partial charge in [-0.1, -0.05) is 0 Å². The molecule has 0 saturated heterocycles. The van der Waals surface area contributed by atoms with Crippen molar-refractivity contribution in [2.45, 2.75) is 13.3 Å². The Bertz CT molecular complexity index is 485. The Hall–Kier alpha value is -2.10. The number of nitrogens with zero attached hydrogens (tertiary/aromatic N) is 2. The summed E-state index contributed by atoms with van der Waals surface area (Å²) in [6.07, 6.45) is 4.38. The molecule has 4 nitrogen and oxygen atoms in total. The van der Waals surface area contributed by atoms with E-state index in [4.69, 9.17) is 10.5 Å². The van der Waals surface area contributed by atoms with Crippen molar-refractivity contribution in [3.63, 3.8) is 0 Å². The molecule has 0 atom stereocenters. The van der Waals surface area contributed by atoms with Crippen molar-refractivity contribution in [2.75, 3.05) is 12.3 Å². The molecule has 2 aromatic rings. The molecule has 2 heterocycles. The molecule has 0 aliphatic carbocycles. The number of ether oxygens (including phenoxy) is 1. The second-order valence-electron chi connectivity index (χ2n) is 3.79. The molecular formula is C13H15N3O. The summed E-state index contributed by atoms with van der Waals surface area (Å²) in [6, 6.07) is 7.68. The number of nitrogens with two attached hydrogens (primary N) is 1. The van der Waals surface area contributed by atoms with Gasteiger partial charge in [-0.2, -0.15) is 0 Å². The molecule has 0 fully saturated rings. The Morgan fingerprint density at radius 3 is 2.65 bits per heavy atom. The molecule has 2 N–H and O–H groups in total. The minimum atomic E-state index is 0.444. The second-order valence-corrected chi connectivity index (χ2v) is 3.79. The number of hydrogen-bond acceptors (Lipinski definition) is 4. The van der Waals surface area contributed by atoms with E-state index in [9.17, 15) is 0 Å². The van der Waals surface area contributed by atoms with Crippen LogP contribution >= 0.6 is 0 Å². The van der Waals surface area contributed by atoms with Gasteiger partial charge >= 0.3 is 0 Å². The average molecular weight is 229 g/mol. The number of hydrogen-bond donors (Lipinski definition) is 1. The van der Waals surface area contributed by atoms with Crippen molar-refractivity contribution in [2.24, 2.45) is 0 Å². The molecule has 0 saturated carbocycles. The lowest BCUT2D eigenvalue weighted by atomic mass is 10.2. The molecule has 88 valence electrons. The Morgan fingerprint density at radius 1 is 1.18 bits per heavy atom. The maximum atomic E-state index is 5.75. The van der Waals surface area contributed by atoms with Crippen molar-refractivity contribution in [1.82, 2.24) is 9.97 Å². The topological polar surface area (TPSA) is 61.0 Å². The molecule has 0 radical (unpaired) electrons. The Labute approximate surface area is 100 Å². The molecule has 17 heavy (non-hydrogen) atoms. The van der Waals surface area contributed by atoms with E-state index in [1.165, 1.54) is 5.56 Å². The molecule has 2 aromatic heterocycles. The molecule has 0 spiro atoms. The maximum Gasteiger partial charge on any atom is 0.166 e. The van der Waals surface area contributed by atoms with Gasteiger partial charge in [-0.3, -0.25) is 4.98 Å². The van der Waals surface area contributed by atoms with E-state index >= 15 is 0 Å². The Morgan fingerprint density at radius 2 is 1.94 bits per heavy atom. The number of anilines is 1. The van der Waals surface area contributed by atoms with Crippen molar-refractivity contribution < 1.29 is 4.74 Å². The van der Waals surface area contributed by atoms with Crippen LogP contribution in [-0.2, 0) is 6.42 Å². The zero-order chi connectivity index (χ0) is 12.1. The van der Waals surface area contributed by atoms with Crippen molar-refractivity contribution in [1.29, 1.82) is 0 Å². The van der Waals surface area contributed by atoms with Crippen molar-refractivity contribution >= 4 is 5.82 Å². The van der Waals surface area contributed by atoms with E-state index in [1.54, 1.807) is 12.4 Å². The summed E-state index contributed by atoms with van der Waals surface area (Å²) in [6.45, 7) is 2.48. The highest BCUT2D eigenvalue weighted by Gasteiger charge is 2.01. The van der Waals surface area contributed by atoms with Gasteiger partial charge in [-0.05, 0) is 36.8 Å². The average Bonchev–Trinajstić information content (AvgIpc) is 2.33. The van der Waals surface area contributed by atoms with Crippen LogP contribution < -0.4 is 10.5 Å². The van der Waals surface area contributed by atoms with Crippen LogP contribution in [-0.4, -0.2) is 16.6 Å². The Balaban J connectivity index is 1.90. The third-order valence-electron chi connectivity index (χ3n) is 2.42. The fourth-order valence-electron chi connectivity index (χ4n) is 1.51. The predicted molar refractivity (Wildman–Crippen MR) is 66.8 cm³/mol. The van der Waals surface area contributed by atoms with E-state index in [1.807, 2.05) is 31.2 Å². The summed E-state index contributed by atoms with van der Waals surface area (Å²) in [7, 11) is 0.